The molecule has 0 radical (unpaired) electrons. The molecule has 6 nitrogen and oxygen atoms in total. The highest BCUT2D eigenvalue weighted by Gasteiger charge is 2.49. The van der Waals surface area contributed by atoms with Crippen LogP contribution in [-0.4, -0.2) is 13.4 Å². The average molecular weight is 1390 g/mol. The van der Waals surface area contributed by atoms with E-state index in [4.69, 9.17) is 4.74 Å². The highest BCUT2D eigenvalue weighted by Crippen LogP contribution is 2.56. The third kappa shape index (κ3) is 9.31. The molecule has 0 N–H and O–H groups in total. The molecule has 2 aromatic heterocycles. The van der Waals surface area contributed by atoms with Gasteiger partial charge in [-0.3, -0.25) is 0 Å². The Morgan fingerprint density at radius 1 is 0.264 bits per heavy atom. The molecule has 16 aromatic carbocycles. The minimum absolute atomic E-state index is 0.248. The maximum absolute atomic E-state index is 7.51. The standard InChI is InChI=1S/C96H61B2N5OS2/c1-7-30-62(31-8-1)70-44-27-45-71(63-32-9-2-10-33-63)96(70)103-82-61-81-76(98-75-47-22-24-51-86(75)104-87-59-69(58-85(95(87)98)102(81)67-40-17-6-18-41-67)100(65-36-13-4-14-37-65)80-50-29-55-91-93(80)73-43-20-26-53-89(73)106-91)60-77(82)97-74-46-21-23-48-78(74)101(66-38-15-5-16-39-66)83-56-68(57-84(103)94(83)97)99(64-34-11-3-12-35-64)79-49-28-54-90-92(79)72-42-19-25-52-88(72)105-90/h1-61H. The minimum Gasteiger partial charge on any atom is -0.458 e. The Kier molecular flexibility index (Phi) is 13.8. The molecule has 18 aromatic rings. The third-order valence-corrected chi connectivity index (χ3v) is 24.3. The van der Waals surface area contributed by atoms with Crippen LogP contribution in [0.3, 0.4) is 0 Å². The molecule has 0 saturated heterocycles. The fourth-order valence-corrected chi connectivity index (χ4v) is 19.9. The molecule has 0 amide bonds. The van der Waals surface area contributed by atoms with E-state index < -0.39 is 0 Å². The predicted molar refractivity (Wildman–Crippen MR) is 452 cm³/mol. The Balaban J connectivity index is 0.885. The number of hydrogen-bond donors (Lipinski definition) is 0. The van der Waals surface area contributed by atoms with E-state index in [1.165, 1.54) is 62.2 Å². The van der Waals surface area contributed by atoms with Crippen LogP contribution in [0.15, 0.2) is 370 Å². The van der Waals surface area contributed by atoms with Crippen molar-refractivity contribution in [2.75, 3.05) is 24.5 Å². The van der Waals surface area contributed by atoms with E-state index in [-0.39, 0.29) is 13.4 Å². The van der Waals surface area contributed by atoms with E-state index in [0.717, 1.165) is 130 Å². The second-order valence-electron chi connectivity index (χ2n) is 27.8. The van der Waals surface area contributed by atoms with Crippen molar-refractivity contribution in [2.24, 2.45) is 0 Å². The molecule has 10 heteroatoms. The van der Waals surface area contributed by atoms with Crippen LogP contribution in [0.4, 0.5) is 85.3 Å². The van der Waals surface area contributed by atoms with E-state index in [1.54, 1.807) is 0 Å². The highest BCUT2D eigenvalue weighted by atomic mass is 32.1. The van der Waals surface area contributed by atoms with Crippen LogP contribution in [-0.2, 0) is 0 Å². The van der Waals surface area contributed by atoms with Gasteiger partial charge in [0.15, 0.2) is 0 Å². The highest BCUT2D eigenvalue weighted by molar-refractivity contribution is 7.26. The number of thiophene rings is 2. The molecule has 22 rings (SSSR count). The van der Waals surface area contributed by atoms with Gasteiger partial charge in [0, 0.05) is 114 Å². The van der Waals surface area contributed by atoms with Gasteiger partial charge in [-0.15, -0.1) is 22.7 Å². The summed E-state index contributed by atoms with van der Waals surface area (Å²) in [5.41, 5.74) is 27.6. The van der Waals surface area contributed by atoms with Crippen molar-refractivity contribution >= 4 is 195 Å². The maximum atomic E-state index is 7.51. The molecule has 6 heterocycles. The Hall–Kier alpha value is -13.1. The van der Waals surface area contributed by atoms with Crippen LogP contribution in [0.1, 0.15) is 0 Å². The third-order valence-electron chi connectivity index (χ3n) is 22.0. The zero-order valence-corrected chi connectivity index (χ0v) is 59.0. The summed E-state index contributed by atoms with van der Waals surface area (Å²) in [4.78, 5) is 12.8. The van der Waals surface area contributed by atoms with Crippen LogP contribution in [0.25, 0.3) is 62.6 Å². The molecule has 0 bridgehead atoms. The van der Waals surface area contributed by atoms with Gasteiger partial charge in [0.2, 0.25) is 0 Å². The van der Waals surface area contributed by atoms with Crippen molar-refractivity contribution in [3.8, 4) is 33.8 Å². The first-order valence-corrected chi connectivity index (χ1v) is 37.9. The molecule has 106 heavy (non-hydrogen) atoms. The topological polar surface area (TPSA) is 25.4 Å². The average Bonchev–Trinajstić information content (AvgIpc) is 0.814. The van der Waals surface area contributed by atoms with Gasteiger partial charge in [-0.2, -0.15) is 0 Å². The SMILES string of the molecule is c1ccc(-c2cccc(-c3ccccc3)c2N2c3cc4c(cc3B3c5ccccc5N(c5ccccc5)c5cc(N(c6ccccc6)c6cccc7sc8ccccc8c67)cc2c53)B2c3ccccc3Oc3cc(N(c5ccccc5)c5cccc6sc7ccccc7c56)cc(c32)N4c2ccccc2)cc1. The largest absolute Gasteiger partial charge is 0.458 e. The lowest BCUT2D eigenvalue weighted by atomic mass is 9.30. The van der Waals surface area contributed by atoms with Gasteiger partial charge >= 0.3 is 0 Å². The predicted octanol–water partition coefficient (Wildman–Crippen LogP) is 23.2. The second-order valence-corrected chi connectivity index (χ2v) is 29.9. The summed E-state index contributed by atoms with van der Waals surface area (Å²) >= 11 is 3.70. The molecule has 4 aliphatic rings. The summed E-state index contributed by atoms with van der Waals surface area (Å²) in [5, 5.41) is 4.91. The molecule has 494 valence electrons. The van der Waals surface area contributed by atoms with E-state index in [9.17, 15) is 0 Å². The second kappa shape index (κ2) is 24.3. The quantitative estimate of drug-likeness (QED) is 0.120. The van der Waals surface area contributed by atoms with Crippen molar-refractivity contribution in [3.63, 3.8) is 0 Å². The summed E-state index contributed by atoms with van der Waals surface area (Å²) in [6, 6.07) is 137. The number of ether oxygens (including phenoxy) is 1. The molecule has 0 aliphatic carbocycles. The van der Waals surface area contributed by atoms with E-state index in [2.05, 4.69) is 395 Å². The van der Waals surface area contributed by atoms with Crippen LogP contribution in [0, 0.1) is 0 Å². The summed E-state index contributed by atoms with van der Waals surface area (Å²) in [5.74, 6) is 1.67. The van der Waals surface area contributed by atoms with Gasteiger partial charge < -0.3 is 29.2 Å². The van der Waals surface area contributed by atoms with E-state index >= 15 is 0 Å². The monoisotopic (exact) mass is 1390 g/mol. The molecular weight excluding hydrogens is 1320 g/mol. The van der Waals surface area contributed by atoms with Crippen molar-refractivity contribution in [1.82, 2.24) is 0 Å². The fourth-order valence-electron chi connectivity index (χ4n) is 17.7. The summed E-state index contributed by atoms with van der Waals surface area (Å²) in [6.07, 6.45) is 0. The first-order valence-electron chi connectivity index (χ1n) is 36.3. The maximum Gasteiger partial charge on any atom is 0.256 e. The molecule has 0 unspecified atom stereocenters. The molecule has 4 aliphatic heterocycles. The number of fused-ring (bicyclic) bond motifs is 14. The van der Waals surface area contributed by atoms with Crippen LogP contribution in [0.5, 0.6) is 11.5 Å². The lowest BCUT2D eigenvalue weighted by Crippen LogP contribution is -2.64. The summed E-state index contributed by atoms with van der Waals surface area (Å²) in [6.45, 7) is -0.508. The Bertz CT molecular complexity index is 6500. The van der Waals surface area contributed by atoms with Crippen LogP contribution >= 0.6 is 22.7 Å². The number of anilines is 15. The number of nitrogens with zero attached hydrogens (tertiary/aromatic N) is 5. The first kappa shape index (κ1) is 60.5. The molecule has 0 fully saturated rings. The Labute approximate surface area is 623 Å². The van der Waals surface area contributed by atoms with E-state index in [1.807, 2.05) is 22.7 Å². The number of rotatable bonds is 11. The summed E-state index contributed by atoms with van der Waals surface area (Å²) < 4.78 is 12.5. The van der Waals surface area contributed by atoms with Crippen LogP contribution < -0.4 is 62.0 Å². The van der Waals surface area contributed by atoms with Gasteiger partial charge in [-0.1, -0.05) is 243 Å². The summed E-state index contributed by atoms with van der Waals surface area (Å²) in [7, 11) is 0. The van der Waals surface area contributed by atoms with Gasteiger partial charge in [0.05, 0.1) is 28.4 Å². The van der Waals surface area contributed by atoms with Gasteiger partial charge in [-0.25, -0.2) is 0 Å². The van der Waals surface area contributed by atoms with Crippen molar-refractivity contribution < 1.29 is 4.74 Å². The molecule has 0 saturated carbocycles. The zero-order chi connectivity index (χ0) is 69.5. The van der Waals surface area contributed by atoms with Crippen LogP contribution in [0.2, 0.25) is 0 Å². The Morgan fingerprint density at radius 3 is 1.25 bits per heavy atom. The van der Waals surface area contributed by atoms with Gasteiger partial charge in [0.25, 0.3) is 13.4 Å². The van der Waals surface area contributed by atoms with Crippen molar-refractivity contribution in [2.45, 2.75) is 0 Å². The smallest absolute Gasteiger partial charge is 0.256 e. The van der Waals surface area contributed by atoms with Gasteiger partial charge in [0.1, 0.15) is 11.5 Å². The fraction of sp³-hybridized carbons (Fsp3) is 0. The normalized spacial score (nSPS) is 12.9. The number of hydrogen-bond acceptors (Lipinski definition) is 8. The molecule has 0 atom stereocenters. The first-order chi connectivity index (χ1) is 52.6. The number of para-hydroxylation sites is 7. The zero-order valence-electron chi connectivity index (χ0n) is 57.3. The Morgan fingerprint density at radius 2 is 0.679 bits per heavy atom. The number of benzene rings is 16. The van der Waals surface area contributed by atoms with Crippen molar-refractivity contribution in [3.05, 3.63) is 370 Å². The molecule has 0 spiro atoms. The lowest BCUT2D eigenvalue weighted by molar-refractivity contribution is 0.487. The van der Waals surface area contributed by atoms with Gasteiger partial charge in [-0.05, 0) is 165 Å². The minimum atomic E-state index is -0.260. The van der Waals surface area contributed by atoms with Crippen molar-refractivity contribution in [1.29, 1.82) is 0 Å². The van der Waals surface area contributed by atoms with E-state index in [0.29, 0.717) is 0 Å². The molecular formula is C96H61B2N5OS2. The lowest BCUT2D eigenvalue weighted by Gasteiger charge is -2.47.